The molecule has 2 heterocycles. The summed E-state index contributed by atoms with van der Waals surface area (Å²) in [5.41, 5.74) is 5.95. The van der Waals surface area contributed by atoms with Gasteiger partial charge in [0.05, 0.1) is 18.8 Å². The Bertz CT molecular complexity index is 1180. The van der Waals surface area contributed by atoms with E-state index in [0.29, 0.717) is 17.2 Å². The van der Waals surface area contributed by atoms with Crippen molar-refractivity contribution in [3.8, 4) is 0 Å². The first kappa shape index (κ1) is 22.6. The second kappa shape index (κ2) is 9.99. The number of morpholine rings is 1. The fraction of sp³-hybridized carbons (Fsp3) is 0.407. The fourth-order valence-corrected chi connectivity index (χ4v) is 4.84. The Balaban J connectivity index is 1.15. The highest BCUT2D eigenvalue weighted by Gasteiger charge is 2.21. The molecule has 0 radical (unpaired) electrons. The quantitative estimate of drug-likeness (QED) is 0.544. The third kappa shape index (κ3) is 5.16. The summed E-state index contributed by atoms with van der Waals surface area (Å²) in [6.07, 6.45) is 3.24. The van der Waals surface area contributed by atoms with Crippen LogP contribution in [0.2, 0.25) is 0 Å². The lowest BCUT2D eigenvalue weighted by Crippen LogP contribution is -2.35. The predicted molar refractivity (Wildman–Crippen MR) is 131 cm³/mol. The minimum atomic E-state index is -0.489. The van der Waals surface area contributed by atoms with E-state index in [-0.39, 0.29) is 12.5 Å². The van der Waals surface area contributed by atoms with Crippen LogP contribution >= 0.6 is 0 Å². The largest absolute Gasteiger partial charge is 0.452 e. The Morgan fingerprint density at radius 2 is 1.94 bits per heavy atom. The van der Waals surface area contributed by atoms with Gasteiger partial charge in [-0.15, -0.1) is 0 Å². The van der Waals surface area contributed by atoms with Crippen molar-refractivity contribution in [3.05, 3.63) is 64.8 Å². The highest BCUT2D eigenvalue weighted by molar-refractivity contribution is 5.98. The van der Waals surface area contributed by atoms with Crippen LogP contribution < -0.4 is 5.32 Å². The maximum absolute atomic E-state index is 12.6. The van der Waals surface area contributed by atoms with Crippen molar-refractivity contribution in [1.82, 2.24) is 9.88 Å². The molecule has 1 aromatic heterocycles. The first-order chi connectivity index (χ1) is 16.5. The molecule has 1 amide bonds. The molecular weight excluding hydrogens is 430 g/mol. The van der Waals surface area contributed by atoms with Crippen molar-refractivity contribution in [2.75, 3.05) is 38.2 Å². The molecular formula is C27H31N3O4. The highest BCUT2D eigenvalue weighted by Crippen LogP contribution is 2.32. The average molecular weight is 462 g/mol. The number of nitrogens with zero attached hydrogens (tertiary/aromatic N) is 1. The SMILES string of the molecule is CC1CCc2[nH]c3ccc(C(=O)OCC(=O)Nc4ccc(CN5CCOCC5)cc4)cc3c2C1. The number of carbonyl (C=O) groups excluding carboxylic acids is 2. The van der Waals surface area contributed by atoms with Gasteiger partial charge < -0.3 is 19.8 Å². The number of anilines is 1. The summed E-state index contributed by atoms with van der Waals surface area (Å²) in [6, 6.07) is 13.3. The smallest absolute Gasteiger partial charge is 0.338 e. The Morgan fingerprint density at radius 3 is 2.74 bits per heavy atom. The number of H-pyrrole nitrogens is 1. The zero-order chi connectivity index (χ0) is 23.5. The summed E-state index contributed by atoms with van der Waals surface area (Å²) in [6.45, 7) is 6.21. The topological polar surface area (TPSA) is 83.7 Å². The van der Waals surface area contributed by atoms with Crippen molar-refractivity contribution in [3.63, 3.8) is 0 Å². The van der Waals surface area contributed by atoms with E-state index in [4.69, 9.17) is 9.47 Å². The molecule has 1 atom stereocenters. The molecule has 1 saturated heterocycles. The van der Waals surface area contributed by atoms with Gasteiger partial charge >= 0.3 is 5.97 Å². The van der Waals surface area contributed by atoms with Crippen LogP contribution in [0.1, 0.15) is 40.5 Å². The second-order valence-electron chi connectivity index (χ2n) is 9.40. The van der Waals surface area contributed by atoms with E-state index in [9.17, 15) is 9.59 Å². The van der Waals surface area contributed by atoms with E-state index in [1.54, 1.807) is 6.07 Å². The van der Waals surface area contributed by atoms with Gasteiger partial charge in [0, 0.05) is 41.9 Å². The van der Waals surface area contributed by atoms with Crippen LogP contribution in [-0.2, 0) is 33.7 Å². The number of carbonyl (C=O) groups is 2. The molecule has 0 bridgehead atoms. The Kier molecular flexibility index (Phi) is 6.65. The summed E-state index contributed by atoms with van der Waals surface area (Å²) in [5.74, 6) is -0.209. The highest BCUT2D eigenvalue weighted by atomic mass is 16.5. The number of aromatic nitrogens is 1. The van der Waals surface area contributed by atoms with Gasteiger partial charge in [-0.25, -0.2) is 4.79 Å². The lowest BCUT2D eigenvalue weighted by Gasteiger charge is -2.26. The second-order valence-corrected chi connectivity index (χ2v) is 9.40. The molecule has 1 aliphatic heterocycles. The number of amides is 1. The molecule has 2 aliphatic rings. The Labute approximate surface area is 199 Å². The van der Waals surface area contributed by atoms with Crippen molar-refractivity contribution < 1.29 is 19.1 Å². The fourth-order valence-electron chi connectivity index (χ4n) is 4.84. The van der Waals surface area contributed by atoms with Gasteiger partial charge in [-0.3, -0.25) is 9.69 Å². The summed E-state index contributed by atoms with van der Waals surface area (Å²) in [5, 5.41) is 3.88. The first-order valence-electron chi connectivity index (χ1n) is 12.0. The first-order valence-corrected chi connectivity index (χ1v) is 12.0. The number of nitrogens with one attached hydrogen (secondary N) is 2. The number of hydrogen-bond acceptors (Lipinski definition) is 5. The molecule has 7 heteroatoms. The maximum atomic E-state index is 12.6. The Hall–Kier alpha value is -3.16. The number of hydrogen-bond donors (Lipinski definition) is 2. The van der Waals surface area contributed by atoms with E-state index < -0.39 is 5.97 Å². The molecule has 1 fully saturated rings. The lowest BCUT2D eigenvalue weighted by molar-refractivity contribution is -0.119. The molecule has 1 aliphatic carbocycles. The zero-order valence-corrected chi connectivity index (χ0v) is 19.6. The van der Waals surface area contributed by atoms with Crippen LogP contribution in [0.15, 0.2) is 42.5 Å². The van der Waals surface area contributed by atoms with E-state index in [1.807, 2.05) is 36.4 Å². The average Bonchev–Trinajstić information content (AvgIpc) is 3.21. The van der Waals surface area contributed by atoms with Crippen molar-refractivity contribution in [2.45, 2.75) is 32.7 Å². The molecule has 3 aromatic rings. The van der Waals surface area contributed by atoms with Gasteiger partial charge in [-0.05, 0) is 66.6 Å². The number of esters is 1. The van der Waals surface area contributed by atoms with Crippen LogP contribution in [0, 0.1) is 5.92 Å². The number of aryl methyl sites for hydroxylation is 1. The third-order valence-electron chi connectivity index (χ3n) is 6.75. The number of fused-ring (bicyclic) bond motifs is 3. The van der Waals surface area contributed by atoms with Gasteiger partial charge in [-0.1, -0.05) is 19.1 Å². The zero-order valence-electron chi connectivity index (χ0n) is 19.6. The molecule has 0 saturated carbocycles. The van der Waals surface area contributed by atoms with Gasteiger partial charge in [0.2, 0.25) is 0 Å². The van der Waals surface area contributed by atoms with Gasteiger partial charge in [0.1, 0.15) is 0 Å². The standard InChI is InChI=1S/C27H31N3O4/c1-18-2-8-24-22(14-18)23-15-20(5-9-25(23)29-24)27(32)34-17-26(31)28-21-6-3-19(4-7-21)16-30-10-12-33-13-11-30/h3-7,9,15,18,29H,2,8,10-14,16-17H2,1H3,(H,28,31). The summed E-state index contributed by atoms with van der Waals surface area (Å²) in [7, 11) is 0. The minimum Gasteiger partial charge on any atom is -0.452 e. The number of benzene rings is 2. The molecule has 0 spiro atoms. The lowest BCUT2D eigenvalue weighted by atomic mass is 9.87. The minimum absolute atomic E-state index is 0.325. The van der Waals surface area contributed by atoms with Crippen molar-refractivity contribution >= 4 is 28.5 Å². The molecule has 178 valence electrons. The molecule has 34 heavy (non-hydrogen) atoms. The third-order valence-corrected chi connectivity index (χ3v) is 6.75. The number of rotatable bonds is 6. The predicted octanol–water partition coefficient (Wildman–Crippen LogP) is 3.92. The van der Waals surface area contributed by atoms with Crippen molar-refractivity contribution in [2.24, 2.45) is 5.92 Å². The van der Waals surface area contributed by atoms with Crippen LogP contribution in [-0.4, -0.2) is 54.7 Å². The van der Waals surface area contributed by atoms with Crippen molar-refractivity contribution in [1.29, 1.82) is 0 Å². The van der Waals surface area contributed by atoms with E-state index in [0.717, 1.165) is 56.6 Å². The van der Waals surface area contributed by atoms with Gasteiger partial charge in [0.15, 0.2) is 6.61 Å². The molecule has 2 aromatic carbocycles. The molecule has 1 unspecified atom stereocenters. The van der Waals surface area contributed by atoms with Crippen LogP contribution in [0.25, 0.3) is 10.9 Å². The molecule has 5 rings (SSSR count). The van der Waals surface area contributed by atoms with Crippen LogP contribution in [0.5, 0.6) is 0 Å². The van der Waals surface area contributed by atoms with Gasteiger partial charge in [0.25, 0.3) is 5.91 Å². The normalized spacial score (nSPS) is 18.4. The van der Waals surface area contributed by atoms with E-state index in [2.05, 4.69) is 22.1 Å². The number of ether oxygens (including phenoxy) is 2. The monoisotopic (exact) mass is 461 g/mol. The Morgan fingerprint density at radius 1 is 1.15 bits per heavy atom. The summed E-state index contributed by atoms with van der Waals surface area (Å²) < 4.78 is 10.7. The molecule has 7 nitrogen and oxygen atoms in total. The number of aromatic amines is 1. The van der Waals surface area contributed by atoms with Crippen LogP contribution in [0.4, 0.5) is 5.69 Å². The van der Waals surface area contributed by atoms with E-state index in [1.165, 1.54) is 23.2 Å². The molecule has 2 N–H and O–H groups in total. The summed E-state index contributed by atoms with van der Waals surface area (Å²) in [4.78, 5) is 30.8. The summed E-state index contributed by atoms with van der Waals surface area (Å²) >= 11 is 0. The van der Waals surface area contributed by atoms with Gasteiger partial charge in [-0.2, -0.15) is 0 Å². The van der Waals surface area contributed by atoms with Crippen LogP contribution in [0.3, 0.4) is 0 Å². The van der Waals surface area contributed by atoms with E-state index >= 15 is 0 Å². The maximum Gasteiger partial charge on any atom is 0.338 e.